The van der Waals surface area contributed by atoms with Crippen LogP contribution in [0.1, 0.15) is 48.5 Å². The Kier molecular flexibility index (Phi) is 8.68. The van der Waals surface area contributed by atoms with Crippen LogP contribution < -0.4 is 10.6 Å². The van der Waals surface area contributed by atoms with Crippen LogP contribution in [0, 0.1) is 5.41 Å². The molecule has 0 bridgehead atoms. The number of nitrogens with zero attached hydrogens (tertiary/aromatic N) is 2. The van der Waals surface area contributed by atoms with E-state index in [1.165, 1.54) is 25.7 Å². The van der Waals surface area contributed by atoms with Gasteiger partial charge in [-0.1, -0.05) is 31.9 Å². The Morgan fingerprint density at radius 2 is 1.76 bits per heavy atom. The van der Waals surface area contributed by atoms with Crippen molar-refractivity contribution in [1.29, 1.82) is 0 Å². The smallest absolute Gasteiger partial charge is 0.253 e. The largest absolute Gasteiger partial charge is 0.356 e. The Morgan fingerprint density at radius 3 is 2.28 bits per heavy atom. The van der Waals surface area contributed by atoms with Gasteiger partial charge in [0.05, 0.1) is 0 Å². The molecule has 0 spiro atoms. The quantitative estimate of drug-likeness (QED) is 0.405. The van der Waals surface area contributed by atoms with Crippen LogP contribution in [-0.4, -0.2) is 44.5 Å². The Morgan fingerprint density at radius 1 is 1.16 bits per heavy atom. The molecule has 1 aliphatic rings. The van der Waals surface area contributed by atoms with Gasteiger partial charge >= 0.3 is 0 Å². The van der Waals surface area contributed by atoms with Crippen molar-refractivity contribution in [3.8, 4) is 0 Å². The van der Waals surface area contributed by atoms with Crippen molar-refractivity contribution in [3.05, 3.63) is 35.4 Å². The Balaban J connectivity index is 0.00000312. The highest BCUT2D eigenvalue weighted by atomic mass is 127. The average Bonchev–Trinajstić information content (AvgIpc) is 3.01. The zero-order valence-corrected chi connectivity index (χ0v) is 18.1. The fourth-order valence-electron chi connectivity index (χ4n) is 3.13. The van der Waals surface area contributed by atoms with E-state index in [1.54, 1.807) is 26.0 Å². The van der Waals surface area contributed by atoms with Gasteiger partial charge in [-0.2, -0.15) is 0 Å². The maximum atomic E-state index is 11.9. The van der Waals surface area contributed by atoms with Crippen LogP contribution in [0.4, 0.5) is 0 Å². The Labute approximate surface area is 168 Å². The van der Waals surface area contributed by atoms with Crippen molar-refractivity contribution in [2.75, 3.05) is 27.7 Å². The third-order valence-corrected chi connectivity index (χ3v) is 4.78. The molecule has 1 amide bonds. The number of hydrogen-bond acceptors (Lipinski definition) is 2. The highest BCUT2D eigenvalue weighted by Crippen LogP contribution is 2.36. The molecular weight excluding hydrogens is 427 g/mol. The molecule has 25 heavy (non-hydrogen) atoms. The summed E-state index contributed by atoms with van der Waals surface area (Å²) in [4.78, 5) is 17.8. The normalized spacial score (nSPS) is 16.1. The lowest BCUT2D eigenvalue weighted by molar-refractivity contribution is 0.0827. The molecule has 1 saturated carbocycles. The van der Waals surface area contributed by atoms with E-state index < -0.39 is 0 Å². The van der Waals surface area contributed by atoms with E-state index >= 15 is 0 Å². The van der Waals surface area contributed by atoms with Crippen molar-refractivity contribution in [2.24, 2.45) is 10.4 Å². The van der Waals surface area contributed by atoms with E-state index in [1.807, 2.05) is 24.3 Å². The number of carbonyl (C=O) groups excluding carboxylic acids is 1. The van der Waals surface area contributed by atoms with Crippen LogP contribution in [0.25, 0.3) is 0 Å². The highest BCUT2D eigenvalue weighted by molar-refractivity contribution is 14.0. The second-order valence-corrected chi connectivity index (χ2v) is 7.19. The molecule has 0 aromatic heterocycles. The van der Waals surface area contributed by atoms with Gasteiger partial charge in [0.15, 0.2) is 5.96 Å². The summed E-state index contributed by atoms with van der Waals surface area (Å²) in [6.45, 7) is 4.00. The molecule has 0 radical (unpaired) electrons. The van der Waals surface area contributed by atoms with Gasteiger partial charge in [-0.25, -0.2) is 0 Å². The van der Waals surface area contributed by atoms with Crippen LogP contribution in [0.5, 0.6) is 0 Å². The third-order valence-electron chi connectivity index (χ3n) is 4.78. The number of halogens is 1. The molecule has 140 valence electrons. The number of carbonyl (C=O) groups is 1. The zero-order valence-electron chi connectivity index (χ0n) is 15.8. The minimum atomic E-state index is 0. The minimum Gasteiger partial charge on any atom is -0.356 e. The minimum absolute atomic E-state index is 0. The first kappa shape index (κ1) is 21.7. The number of rotatable bonds is 5. The van der Waals surface area contributed by atoms with Crippen molar-refractivity contribution in [1.82, 2.24) is 15.5 Å². The second kappa shape index (κ2) is 9.99. The van der Waals surface area contributed by atoms with E-state index in [0.717, 1.165) is 18.1 Å². The molecule has 0 saturated heterocycles. The number of benzene rings is 1. The monoisotopic (exact) mass is 458 g/mol. The molecule has 0 unspecified atom stereocenters. The van der Waals surface area contributed by atoms with E-state index in [0.29, 0.717) is 17.5 Å². The molecule has 1 aliphatic carbocycles. The maximum Gasteiger partial charge on any atom is 0.253 e. The second-order valence-electron chi connectivity index (χ2n) is 7.19. The van der Waals surface area contributed by atoms with Crippen LogP contribution in [0.3, 0.4) is 0 Å². The number of aliphatic imine (C=N–C) groups is 1. The summed E-state index contributed by atoms with van der Waals surface area (Å²) in [6, 6.07) is 7.70. The molecule has 1 fully saturated rings. The van der Waals surface area contributed by atoms with Crippen molar-refractivity contribution in [3.63, 3.8) is 0 Å². The molecule has 2 rings (SSSR count). The van der Waals surface area contributed by atoms with Crippen molar-refractivity contribution in [2.45, 2.75) is 39.2 Å². The summed E-state index contributed by atoms with van der Waals surface area (Å²) in [7, 11) is 5.32. The van der Waals surface area contributed by atoms with Gasteiger partial charge in [-0.05, 0) is 36.0 Å². The van der Waals surface area contributed by atoms with Crippen LogP contribution in [0.2, 0.25) is 0 Å². The molecular formula is C19H31IN4O. The lowest BCUT2D eigenvalue weighted by Crippen LogP contribution is -2.41. The highest BCUT2D eigenvalue weighted by Gasteiger charge is 2.28. The summed E-state index contributed by atoms with van der Waals surface area (Å²) in [6.07, 6.45) is 5.25. The fraction of sp³-hybridized carbons (Fsp3) is 0.579. The van der Waals surface area contributed by atoms with Gasteiger partial charge in [0, 0.05) is 39.8 Å². The number of guanidine groups is 1. The summed E-state index contributed by atoms with van der Waals surface area (Å²) in [5.74, 6) is 0.855. The van der Waals surface area contributed by atoms with E-state index in [9.17, 15) is 4.79 Å². The molecule has 6 heteroatoms. The lowest BCUT2D eigenvalue weighted by atomic mass is 9.89. The molecule has 0 atom stereocenters. The van der Waals surface area contributed by atoms with Crippen LogP contribution >= 0.6 is 24.0 Å². The van der Waals surface area contributed by atoms with E-state index in [2.05, 4.69) is 22.5 Å². The standard InChI is InChI=1S/C19H30N4O.HI/c1-19(11-5-6-12-19)14-22-18(20-2)21-13-15-7-9-16(10-8-15)17(24)23(3)4;/h7-10H,5-6,11-14H2,1-4H3,(H2,20,21,22);1H. The van der Waals surface area contributed by atoms with E-state index in [4.69, 9.17) is 0 Å². The predicted octanol–water partition coefficient (Wildman–Crippen LogP) is 3.25. The predicted molar refractivity (Wildman–Crippen MR) is 115 cm³/mol. The van der Waals surface area contributed by atoms with E-state index in [-0.39, 0.29) is 29.9 Å². The molecule has 0 heterocycles. The summed E-state index contributed by atoms with van der Waals surface area (Å²) >= 11 is 0. The summed E-state index contributed by atoms with van der Waals surface area (Å²) in [5.41, 5.74) is 2.23. The average molecular weight is 458 g/mol. The van der Waals surface area contributed by atoms with Gasteiger partial charge in [-0.15, -0.1) is 24.0 Å². The van der Waals surface area contributed by atoms with Gasteiger partial charge in [0.1, 0.15) is 0 Å². The Bertz CT molecular complexity index is 578. The van der Waals surface area contributed by atoms with Gasteiger partial charge in [0.25, 0.3) is 5.91 Å². The number of nitrogens with one attached hydrogen (secondary N) is 2. The zero-order chi connectivity index (χ0) is 17.6. The fourth-order valence-corrected chi connectivity index (χ4v) is 3.13. The first-order chi connectivity index (χ1) is 11.4. The SMILES string of the molecule is CN=C(NCc1ccc(C(=O)N(C)C)cc1)NCC1(C)CCCC1.I. The molecule has 5 nitrogen and oxygen atoms in total. The van der Waals surface area contributed by atoms with Gasteiger partial charge in [0.2, 0.25) is 0 Å². The first-order valence-electron chi connectivity index (χ1n) is 8.69. The summed E-state index contributed by atoms with van der Waals surface area (Å²) < 4.78 is 0. The van der Waals surface area contributed by atoms with Crippen LogP contribution in [-0.2, 0) is 6.54 Å². The molecule has 0 aliphatic heterocycles. The number of amides is 1. The van der Waals surface area contributed by atoms with Gasteiger partial charge < -0.3 is 15.5 Å². The van der Waals surface area contributed by atoms with Crippen molar-refractivity contribution >= 4 is 35.8 Å². The topological polar surface area (TPSA) is 56.7 Å². The van der Waals surface area contributed by atoms with Gasteiger partial charge in [-0.3, -0.25) is 9.79 Å². The first-order valence-corrected chi connectivity index (χ1v) is 8.69. The molecule has 1 aromatic rings. The summed E-state index contributed by atoms with van der Waals surface area (Å²) in [5, 5.41) is 6.79. The van der Waals surface area contributed by atoms with Crippen LogP contribution in [0.15, 0.2) is 29.3 Å². The molecule has 1 aromatic carbocycles. The third kappa shape index (κ3) is 6.49. The maximum absolute atomic E-state index is 11.9. The number of hydrogen-bond donors (Lipinski definition) is 2. The molecule has 2 N–H and O–H groups in total. The van der Waals surface area contributed by atoms with Crippen molar-refractivity contribution < 1.29 is 4.79 Å². The lowest BCUT2D eigenvalue weighted by Gasteiger charge is -2.25. The Hall–Kier alpha value is -1.31.